The SMILES string of the molecule is C[C@@H](NC1CCSc2ccccc21)C1CCCCCC1. The number of benzene rings is 1. The van der Waals surface area contributed by atoms with E-state index in [1.807, 2.05) is 11.8 Å². The van der Waals surface area contributed by atoms with Crippen LogP contribution in [-0.4, -0.2) is 11.8 Å². The molecule has 0 aromatic heterocycles. The van der Waals surface area contributed by atoms with Crippen molar-refractivity contribution < 1.29 is 0 Å². The highest BCUT2D eigenvalue weighted by atomic mass is 32.2. The molecule has 3 rings (SSSR count). The van der Waals surface area contributed by atoms with Crippen molar-refractivity contribution in [1.82, 2.24) is 5.32 Å². The zero-order chi connectivity index (χ0) is 13.8. The van der Waals surface area contributed by atoms with Crippen molar-refractivity contribution in [3.63, 3.8) is 0 Å². The predicted molar refractivity (Wildman–Crippen MR) is 88.3 cm³/mol. The summed E-state index contributed by atoms with van der Waals surface area (Å²) in [6, 6.07) is 10.2. The molecule has 1 N–H and O–H groups in total. The lowest BCUT2D eigenvalue weighted by molar-refractivity contribution is 0.305. The second-order valence-corrected chi connectivity index (χ2v) is 7.57. The molecule has 1 nitrogen and oxygen atoms in total. The smallest absolute Gasteiger partial charge is 0.0341 e. The van der Waals surface area contributed by atoms with Crippen LogP contribution < -0.4 is 5.32 Å². The van der Waals surface area contributed by atoms with Crippen LogP contribution >= 0.6 is 11.8 Å². The van der Waals surface area contributed by atoms with E-state index in [2.05, 4.69) is 36.5 Å². The zero-order valence-electron chi connectivity index (χ0n) is 12.6. The summed E-state index contributed by atoms with van der Waals surface area (Å²) in [6.45, 7) is 2.42. The quantitative estimate of drug-likeness (QED) is 0.770. The topological polar surface area (TPSA) is 12.0 Å². The first kappa shape index (κ1) is 14.5. The molecule has 20 heavy (non-hydrogen) atoms. The second kappa shape index (κ2) is 7.00. The summed E-state index contributed by atoms with van der Waals surface area (Å²) in [5.41, 5.74) is 1.53. The van der Waals surface area contributed by atoms with E-state index in [-0.39, 0.29) is 0 Å². The minimum absolute atomic E-state index is 0.575. The Hall–Kier alpha value is -0.470. The van der Waals surface area contributed by atoms with Crippen LogP contribution in [0.3, 0.4) is 0 Å². The molecule has 1 heterocycles. The third-order valence-corrected chi connectivity index (χ3v) is 6.15. The predicted octanol–water partition coefficient (Wildman–Crippen LogP) is 5.17. The van der Waals surface area contributed by atoms with Gasteiger partial charge in [-0.25, -0.2) is 0 Å². The fraction of sp³-hybridized carbons (Fsp3) is 0.667. The van der Waals surface area contributed by atoms with Crippen molar-refractivity contribution in [2.45, 2.75) is 68.8 Å². The second-order valence-electron chi connectivity index (χ2n) is 6.43. The fourth-order valence-electron chi connectivity index (χ4n) is 3.78. The summed E-state index contributed by atoms with van der Waals surface area (Å²) < 4.78 is 0. The van der Waals surface area contributed by atoms with Gasteiger partial charge in [0.15, 0.2) is 0 Å². The molecule has 1 saturated carbocycles. The van der Waals surface area contributed by atoms with Gasteiger partial charge < -0.3 is 5.32 Å². The van der Waals surface area contributed by atoms with Gasteiger partial charge in [-0.15, -0.1) is 11.8 Å². The van der Waals surface area contributed by atoms with E-state index in [4.69, 9.17) is 0 Å². The number of thioether (sulfide) groups is 1. The van der Waals surface area contributed by atoms with Gasteiger partial charge in [-0.05, 0) is 49.5 Å². The molecule has 1 aromatic carbocycles. The highest BCUT2D eigenvalue weighted by Gasteiger charge is 2.25. The molecule has 0 radical (unpaired) electrons. The lowest BCUT2D eigenvalue weighted by atomic mass is 9.91. The maximum atomic E-state index is 3.96. The Morgan fingerprint density at radius 2 is 1.80 bits per heavy atom. The van der Waals surface area contributed by atoms with E-state index in [1.54, 1.807) is 0 Å². The lowest BCUT2D eigenvalue weighted by Crippen LogP contribution is -2.37. The molecule has 1 aliphatic carbocycles. The average molecular weight is 289 g/mol. The molecule has 1 aliphatic heterocycles. The van der Waals surface area contributed by atoms with Crippen molar-refractivity contribution >= 4 is 11.8 Å². The minimum atomic E-state index is 0.575. The van der Waals surface area contributed by atoms with Gasteiger partial charge >= 0.3 is 0 Å². The van der Waals surface area contributed by atoms with E-state index in [9.17, 15) is 0 Å². The molecule has 1 aromatic rings. The average Bonchev–Trinajstić information content (AvgIpc) is 2.77. The molecule has 1 fully saturated rings. The Bertz CT molecular complexity index is 423. The Morgan fingerprint density at radius 1 is 1.05 bits per heavy atom. The van der Waals surface area contributed by atoms with Gasteiger partial charge in [0.1, 0.15) is 0 Å². The normalized spacial score (nSPS) is 25.8. The molecule has 0 amide bonds. The molecule has 2 heteroatoms. The lowest BCUT2D eigenvalue weighted by Gasteiger charge is -2.32. The van der Waals surface area contributed by atoms with Gasteiger partial charge in [-0.2, -0.15) is 0 Å². The Labute approximate surface area is 127 Å². The first-order chi connectivity index (χ1) is 9.84. The van der Waals surface area contributed by atoms with Crippen LogP contribution in [0.1, 0.15) is 63.5 Å². The molecule has 2 atom stereocenters. The summed E-state index contributed by atoms with van der Waals surface area (Å²) in [6.07, 6.45) is 9.91. The van der Waals surface area contributed by atoms with Crippen LogP contribution in [0.25, 0.3) is 0 Å². The first-order valence-electron chi connectivity index (χ1n) is 8.32. The molecule has 0 bridgehead atoms. The van der Waals surface area contributed by atoms with Crippen LogP contribution in [0, 0.1) is 5.92 Å². The van der Waals surface area contributed by atoms with Crippen molar-refractivity contribution in [2.24, 2.45) is 5.92 Å². The highest BCUT2D eigenvalue weighted by molar-refractivity contribution is 7.99. The molecule has 2 aliphatic rings. The number of fused-ring (bicyclic) bond motifs is 1. The largest absolute Gasteiger partial charge is 0.307 e. The van der Waals surface area contributed by atoms with Crippen LogP contribution in [-0.2, 0) is 0 Å². The van der Waals surface area contributed by atoms with Crippen molar-refractivity contribution in [3.05, 3.63) is 29.8 Å². The Balaban J connectivity index is 1.65. The third-order valence-electron chi connectivity index (χ3n) is 5.03. The summed E-state index contributed by atoms with van der Waals surface area (Å²) in [5.74, 6) is 2.14. The van der Waals surface area contributed by atoms with Gasteiger partial charge in [0, 0.05) is 17.0 Å². The number of nitrogens with one attached hydrogen (secondary N) is 1. The Kier molecular flexibility index (Phi) is 5.06. The van der Waals surface area contributed by atoms with E-state index < -0.39 is 0 Å². The standard InChI is InChI=1S/C18H27NS/c1-14(15-8-4-2-3-5-9-15)19-17-12-13-20-18-11-7-6-10-16(17)18/h6-7,10-11,14-15,17,19H,2-5,8-9,12-13H2,1H3/t14-,17?/m1/s1. The molecule has 0 spiro atoms. The maximum Gasteiger partial charge on any atom is 0.0341 e. The van der Waals surface area contributed by atoms with Gasteiger partial charge in [-0.3, -0.25) is 0 Å². The van der Waals surface area contributed by atoms with Crippen molar-refractivity contribution in [2.75, 3.05) is 5.75 Å². The minimum Gasteiger partial charge on any atom is -0.307 e. The third kappa shape index (κ3) is 3.40. The van der Waals surface area contributed by atoms with Gasteiger partial charge in [0.25, 0.3) is 0 Å². The number of hydrogen-bond donors (Lipinski definition) is 1. The van der Waals surface area contributed by atoms with E-state index >= 15 is 0 Å². The van der Waals surface area contributed by atoms with Crippen LogP contribution in [0.4, 0.5) is 0 Å². The molecular formula is C18H27NS. The van der Waals surface area contributed by atoms with E-state index in [0.717, 1.165) is 5.92 Å². The molecule has 1 unspecified atom stereocenters. The number of hydrogen-bond acceptors (Lipinski definition) is 2. The summed E-state index contributed by atoms with van der Waals surface area (Å²) >= 11 is 2.02. The van der Waals surface area contributed by atoms with E-state index in [0.29, 0.717) is 12.1 Å². The van der Waals surface area contributed by atoms with Crippen LogP contribution in [0.5, 0.6) is 0 Å². The van der Waals surface area contributed by atoms with Gasteiger partial charge in [-0.1, -0.05) is 43.9 Å². The maximum absolute atomic E-state index is 3.96. The van der Waals surface area contributed by atoms with E-state index in [1.165, 1.54) is 61.2 Å². The van der Waals surface area contributed by atoms with Gasteiger partial charge in [0.2, 0.25) is 0 Å². The Morgan fingerprint density at radius 3 is 2.60 bits per heavy atom. The molecule has 0 saturated heterocycles. The highest BCUT2D eigenvalue weighted by Crippen LogP contribution is 2.37. The summed E-state index contributed by atoms with van der Waals surface area (Å²) in [4.78, 5) is 1.49. The van der Waals surface area contributed by atoms with Crippen molar-refractivity contribution in [1.29, 1.82) is 0 Å². The van der Waals surface area contributed by atoms with Gasteiger partial charge in [0.05, 0.1) is 0 Å². The number of rotatable bonds is 3. The summed E-state index contributed by atoms with van der Waals surface area (Å²) in [5, 5.41) is 3.96. The van der Waals surface area contributed by atoms with Crippen LogP contribution in [0.2, 0.25) is 0 Å². The molecule has 110 valence electrons. The zero-order valence-corrected chi connectivity index (χ0v) is 13.4. The first-order valence-corrected chi connectivity index (χ1v) is 9.31. The fourth-order valence-corrected chi connectivity index (χ4v) is 4.90. The monoisotopic (exact) mass is 289 g/mol. The summed E-state index contributed by atoms with van der Waals surface area (Å²) in [7, 11) is 0. The van der Waals surface area contributed by atoms with Crippen LogP contribution in [0.15, 0.2) is 29.2 Å². The molecular weight excluding hydrogens is 262 g/mol. The van der Waals surface area contributed by atoms with Crippen molar-refractivity contribution in [3.8, 4) is 0 Å².